The molecule has 4 N–H and O–H groups in total. The average molecular weight is 216 g/mol. The van der Waals surface area contributed by atoms with Gasteiger partial charge in [0.15, 0.2) is 0 Å². The van der Waals surface area contributed by atoms with Crippen LogP contribution in [0.4, 0.5) is 0 Å². The van der Waals surface area contributed by atoms with Gasteiger partial charge in [-0.05, 0) is 18.8 Å². The first-order valence-corrected chi connectivity index (χ1v) is 5.43. The number of nitrogens with two attached hydrogens (primary N) is 1. The van der Waals surface area contributed by atoms with Crippen LogP contribution in [0.1, 0.15) is 34.6 Å². The van der Waals surface area contributed by atoms with Gasteiger partial charge in [0.25, 0.3) is 0 Å². The number of carbonyl (C=O) groups excluding carboxylic acids is 1. The summed E-state index contributed by atoms with van der Waals surface area (Å²) in [6.45, 7) is 9.85. The summed E-state index contributed by atoms with van der Waals surface area (Å²) in [5, 5.41) is 13.0. The van der Waals surface area contributed by atoms with Crippen LogP contribution < -0.4 is 11.1 Å². The van der Waals surface area contributed by atoms with E-state index in [0.717, 1.165) is 0 Å². The van der Waals surface area contributed by atoms with Crippen molar-refractivity contribution in [3.8, 4) is 0 Å². The van der Waals surface area contributed by atoms with Crippen molar-refractivity contribution in [1.29, 1.82) is 0 Å². The SMILES string of the molecule is CC(C)C(NCC(C)(O)C(C)C)C(N)=O. The lowest BCUT2D eigenvalue weighted by atomic mass is 9.91. The molecule has 0 bridgehead atoms. The van der Waals surface area contributed by atoms with Gasteiger partial charge in [0.05, 0.1) is 11.6 Å². The number of amides is 1. The third kappa shape index (κ3) is 4.62. The Morgan fingerprint density at radius 2 is 1.87 bits per heavy atom. The summed E-state index contributed by atoms with van der Waals surface area (Å²) in [4.78, 5) is 11.1. The van der Waals surface area contributed by atoms with E-state index < -0.39 is 5.60 Å². The van der Waals surface area contributed by atoms with Gasteiger partial charge in [-0.3, -0.25) is 4.79 Å². The monoisotopic (exact) mass is 216 g/mol. The second-order valence-electron chi connectivity index (χ2n) is 5.02. The van der Waals surface area contributed by atoms with Gasteiger partial charge in [0, 0.05) is 6.54 Å². The molecule has 0 rings (SSSR count). The molecule has 4 heteroatoms. The zero-order chi connectivity index (χ0) is 12.2. The minimum atomic E-state index is -0.817. The van der Waals surface area contributed by atoms with Gasteiger partial charge in [-0.1, -0.05) is 27.7 Å². The van der Waals surface area contributed by atoms with Crippen molar-refractivity contribution in [1.82, 2.24) is 5.32 Å². The summed E-state index contributed by atoms with van der Waals surface area (Å²) >= 11 is 0. The molecule has 0 saturated carbocycles. The maximum atomic E-state index is 11.1. The Balaban J connectivity index is 4.28. The predicted octanol–water partition coefficient (Wildman–Crippen LogP) is 0.493. The number of carbonyl (C=O) groups is 1. The number of primary amides is 1. The highest BCUT2D eigenvalue weighted by atomic mass is 16.3. The molecule has 0 spiro atoms. The first-order valence-electron chi connectivity index (χ1n) is 5.43. The van der Waals surface area contributed by atoms with Gasteiger partial charge in [0.2, 0.25) is 5.91 Å². The Hall–Kier alpha value is -0.610. The molecule has 0 aliphatic rings. The lowest BCUT2D eigenvalue weighted by Gasteiger charge is -2.30. The molecule has 0 aliphatic heterocycles. The molecule has 2 atom stereocenters. The van der Waals surface area contributed by atoms with Crippen molar-refractivity contribution in [2.75, 3.05) is 6.54 Å². The topological polar surface area (TPSA) is 75.3 Å². The molecular weight excluding hydrogens is 192 g/mol. The highest BCUT2D eigenvalue weighted by Crippen LogP contribution is 2.15. The largest absolute Gasteiger partial charge is 0.389 e. The fraction of sp³-hybridized carbons (Fsp3) is 0.909. The smallest absolute Gasteiger partial charge is 0.234 e. The van der Waals surface area contributed by atoms with Crippen LogP contribution in [0.3, 0.4) is 0 Å². The number of hydrogen-bond acceptors (Lipinski definition) is 3. The van der Waals surface area contributed by atoms with E-state index in [4.69, 9.17) is 5.73 Å². The molecule has 15 heavy (non-hydrogen) atoms. The Morgan fingerprint density at radius 1 is 1.40 bits per heavy atom. The van der Waals surface area contributed by atoms with E-state index in [0.29, 0.717) is 6.54 Å². The van der Waals surface area contributed by atoms with Crippen LogP contribution in [0, 0.1) is 11.8 Å². The molecule has 0 saturated heterocycles. The van der Waals surface area contributed by atoms with Crippen LogP contribution in [-0.4, -0.2) is 29.2 Å². The molecule has 0 aromatic rings. The van der Waals surface area contributed by atoms with Crippen LogP contribution in [-0.2, 0) is 4.79 Å². The predicted molar refractivity (Wildman–Crippen MR) is 61.3 cm³/mol. The molecule has 2 unspecified atom stereocenters. The summed E-state index contributed by atoms with van der Waals surface area (Å²) in [6, 6.07) is -0.379. The molecule has 90 valence electrons. The van der Waals surface area contributed by atoms with Gasteiger partial charge in [0.1, 0.15) is 0 Å². The Kier molecular flexibility index (Phi) is 5.24. The van der Waals surface area contributed by atoms with Gasteiger partial charge in [-0.25, -0.2) is 0 Å². The molecule has 0 fully saturated rings. The van der Waals surface area contributed by atoms with E-state index in [1.54, 1.807) is 6.92 Å². The molecule has 0 aromatic heterocycles. The second kappa shape index (κ2) is 5.47. The van der Waals surface area contributed by atoms with Crippen molar-refractivity contribution in [3.63, 3.8) is 0 Å². The minimum Gasteiger partial charge on any atom is -0.389 e. The summed E-state index contributed by atoms with van der Waals surface area (Å²) in [5.74, 6) is -0.110. The Bertz CT molecular complexity index is 213. The van der Waals surface area contributed by atoms with Crippen molar-refractivity contribution < 1.29 is 9.90 Å². The van der Waals surface area contributed by atoms with Crippen LogP contribution in [0.2, 0.25) is 0 Å². The number of nitrogens with one attached hydrogen (secondary N) is 1. The molecular formula is C11H24N2O2. The van der Waals surface area contributed by atoms with Gasteiger partial charge >= 0.3 is 0 Å². The van der Waals surface area contributed by atoms with Gasteiger partial charge < -0.3 is 16.2 Å². The van der Waals surface area contributed by atoms with E-state index in [9.17, 15) is 9.90 Å². The minimum absolute atomic E-state index is 0.130. The van der Waals surface area contributed by atoms with E-state index in [-0.39, 0.29) is 23.8 Å². The number of rotatable bonds is 6. The normalized spacial score (nSPS) is 17.9. The average Bonchev–Trinajstić information content (AvgIpc) is 2.02. The maximum Gasteiger partial charge on any atom is 0.234 e. The van der Waals surface area contributed by atoms with Crippen LogP contribution in [0.5, 0.6) is 0 Å². The van der Waals surface area contributed by atoms with Crippen LogP contribution >= 0.6 is 0 Å². The molecule has 0 heterocycles. The molecule has 0 radical (unpaired) electrons. The fourth-order valence-corrected chi connectivity index (χ4v) is 1.19. The second-order valence-corrected chi connectivity index (χ2v) is 5.02. The van der Waals surface area contributed by atoms with Crippen LogP contribution in [0.25, 0.3) is 0 Å². The summed E-state index contributed by atoms with van der Waals surface area (Å²) in [5.41, 5.74) is 4.44. The standard InChI is InChI=1S/C11H24N2O2/c1-7(2)9(10(12)14)13-6-11(5,15)8(3)4/h7-9,13,15H,6H2,1-5H3,(H2,12,14). The summed E-state index contributed by atoms with van der Waals surface area (Å²) < 4.78 is 0. The van der Waals surface area contributed by atoms with E-state index >= 15 is 0 Å². The summed E-state index contributed by atoms with van der Waals surface area (Å²) in [6.07, 6.45) is 0. The van der Waals surface area contributed by atoms with Gasteiger partial charge in [-0.2, -0.15) is 0 Å². The highest BCUT2D eigenvalue weighted by Gasteiger charge is 2.28. The zero-order valence-electron chi connectivity index (χ0n) is 10.4. The Morgan fingerprint density at radius 3 is 2.13 bits per heavy atom. The fourth-order valence-electron chi connectivity index (χ4n) is 1.19. The van der Waals surface area contributed by atoms with Crippen LogP contribution in [0.15, 0.2) is 0 Å². The Labute approximate surface area is 92.2 Å². The lowest BCUT2D eigenvalue weighted by Crippen LogP contribution is -2.52. The van der Waals surface area contributed by atoms with E-state index in [1.807, 2.05) is 27.7 Å². The maximum absolute atomic E-state index is 11.1. The van der Waals surface area contributed by atoms with E-state index in [1.165, 1.54) is 0 Å². The summed E-state index contributed by atoms with van der Waals surface area (Å²) in [7, 11) is 0. The van der Waals surface area contributed by atoms with Crippen molar-refractivity contribution in [2.45, 2.75) is 46.3 Å². The molecule has 0 aliphatic carbocycles. The molecule has 4 nitrogen and oxygen atoms in total. The quantitative estimate of drug-likeness (QED) is 0.605. The van der Waals surface area contributed by atoms with E-state index in [2.05, 4.69) is 5.32 Å². The lowest BCUT2D eigenvalue weighted by molar-refractivity contribution is -0.121. The number of hydrogen-bond donors (Lipinski definition) is 3. The molecule has 0 aromatic carbocycles. The van der Waals surface area contributed by atoms with Crippen molar-refractivity contribution in [2.24, 2.45) is 17.6 Å². The zero-order valence-corrected chi connectivity index (χ0v) is 10.4. The first-order chi connectivity index (χ1) is 6.68. The molecule has 1 amide bonds. The third-order valence-corrected chi connectivity index (χ3v) is 2.90. The highest BCUT2D eigenvalue weighted by molar-refractivity contribution is 5.80. The van der Waals surface area contributed by atoms with Crippen molar-refractivity contribution >= 4 is 5.91 Å². The number of aliphatic hydroxyl groups is 1. The van der Waals surface area contributed by atoms with Crippen molar-refractivity contribution in [3.05, 3.63) is 0 Å². The third-order valence-electron chi connectivity index (χ3n) is 2.90. The first kappa shape index (κ1) is 14.4. The van der Waals surface area contributed by atoms with Gasteiger partial charge in [-0.15, -0.1) is 0 Å².